The van der Waals surface area contributed by atoms with Crippen LogP contribution in [0.1, 0.15) is 15.9 Å². The molecule has 0 spiro atoms. The van der Waals surface area contributed by atoms with E-state index < -0.39 is 16.2 Å². The van der Waals surface area contributed by atoms with Crippen molar-refractivity contribution in [3.05, 3.63) is 96.2 Å². The van der Waals surface area contributed by atoms with Gasteiger partial charge in [-0.1, -0.05) is 42.5 Å². The predicted octanol–water partition coefficient (Wildman–Crippen LogP) is 5.07. The van der Waals surface area contributed by atoms with Gasteiger partial charge in [-0.2, -0.15) is 0 Å². The maximum Gasteiger partial charge on any atom is 0.573 e. The fourth-order valence-electron chi connectivity index (χ4n) is 4.63. The number of fused-ring (bicyclic) bond motifs is 1. The van der Waals surface area contributed by atoms with Gasteiger partial charge in [0.1, 0.15) is 0 Å². The zero-order valence-corrected chi connectivity index (χ0v) is 21.5. The number of hydrogen-bond acceptors (Lipinski definition) is 6. The van der Waals surface area contributed by atoms with Gasteiger partial charge in [0.15, 0.2) is 15.6 Å². The second kappa shape index (κ2) is 10.6. The Bertz CT molecular complexity index is 1600. The Morgan fingerprint density at radius 2 is 1.56 bits per heavy atom. The van der Waals surface area contributed by atoms with E-state index >= 15 is 0 Å². The van der Waals surface area contributed by atoms with Gasteiger partial charge in [-0.3, -0.25) is 9.78 Å². The first kappa shape index (κ1) is 26.5. The molecule has 39 heavy (non-hydrogen) atoms. The highest BCUT2D eigenvalue weighted by atomic mass is 32.2. The molecule has 7 nitrogen and oxygen atoms in total. The van der Waals surface area contributed by atoms with Gasteiger partial charge < -0.3 is 14.5 Å². The number of carbonyl (C=O) groups is 1. The molecule has 0 saturated carbocycles. The molecule has 2 heterocycles. The van der Waals surface area contributed by atoms with Gasteiger partial charge in [-0.05, 0) is 42.0 Å². The number of pyridine rings is 1. The molecule has 0 bridgehead atoms. The van der Waals surface area contributed by atoms with Crippen molar-refractivity contribution in [2.24, 2.45) is 0 Å². The Hall–Kier alpha value is -4.12. The van der Waals surface area contributed by atoms with Gasteiger partial charge in [0.2, 0.25) is 0 Å². The van der Waals surface area contributed by atoms with Crippen molar-refractivity contribution >= 4 is 32.3 Å². The molecule has 202 valence electrons. The monoisotopic (exact) mass is 555 g/mol. The van der Waals surface area contributed by atoms with E-state index in [0.717, 1.165) is 5.39 Å². The SMILES string of the molecule is O=C(c1ccc(CS(=O)(=O)c2cccc3cccnc23)cc1)N1CCN(c2ccccc2OC(F)(F)F)CC1. The minimum Gasteiger partial charge on any atom is -0.404 e. The minimum absolute atomic E-state index is 0.154. The Kier molecular flexibility index (Phi) is 7.17. The number of para-hydroxylation sites is 3. The Balaban J connectivity index is 1.24. The fourth-order valence-corrected chi connectivity index (χ4v) is 6.17. The van der Waals surface area contributed by atoms with Crippen LogP contribution in [0.2, 0.25) is 0 Å². The average Bonchev–Trinajstić information content (AvgIpc) is 2.92. The summed E-state index contributed by atoms with van der Waals surface area (Å²) < 4.78 is 68.8. The van der Waals surface area contributed by atoms with Gasteiger partial charge in [0.05, 0.1) is 21.9 Å². The number of ether oxygens (including phenoxy) is 1. The van der Waals surface area contributed by atoms with Gasteiger partial charge >= 0.3 is 6.36 Å². The van der Waals surface area contributed by atoms with Crippen LogP contribution in [0.3, 0.4) is 0 Å². The second-order valence-electron chi connectivity index (χ2n) is 9.08. The van der Waals surface area contributed by atoms with Crippen LogP contribution in [0.4, 0.5) is 18.9 Å². The molecule has 1 amide bonds. The zero-order chi connectivity index (χ0) is 27.6. The number of anilines is 1. The van der Waals surface area contributed by atoms with Crippen molar-refractivity contribution in [2.75, 3.05) is 31.1 Å². The van der Waals surface area contributed by atoms with Crippen molar-refractivity contribution in [3.8, 4) is 5.75 Å². The molecule has 5 rings (SSSR count). The number of sulfone groups is 1. The summed E-state index contributed by atoms with van der Waals surface area (Å²) in [6.45, 7) is 1.28. The number of benzene rings is 3. The lowest BCUT2D eigenvalue weighted by Gasteiger charge is -2.36. The summed E-state index contributed by atoms with van der Waals surface area (Å²) in [5.41, 5.74) is 1.66. The molecular formula is C28H24F3N3O4S. The van der Waals surface area contributed by atoms with Crippen LogP contribution in [0.5, 0.6) is 5.75 Å². The number of nitrogens with zero attached hydrogens (tertiary/aromatic N) is 3. The first-order valence-corrected chi connectivity index (χ1v) is 13.8. The molecule has 0 unspecified atom stereocenters. The van der Waals surface area contributed by atoms with Crippen molar-refractivity contribution in [2.45, 2.75) is 17.0 Å². The first-order chi connectivity index (χ1) is 18.6. The zero-order valence-electron chi connectivity index (χ0n) is 20.6. The normalized spacial score (nSPS) is 14.4. The van der Waals surface area contributed by atoms with Gasteiger partial charge in [-0.15, -0.1) is 13.2 Å². The van der Waals surface area contributed by atoms with Crippen LogP contribution in [0, 0.1) is 0 Å². The first-order valence-electron chi connectivity index (χ1n) is 12.2. The van der Waals surface area contributed by atoms with Gasteiger partial charge in [0, 0.05) is 43.3 Å². The topological polar surface area (TPSA) is 79.8 Å². The van der Waals surface area contributed by atoms with E-state index in [4.69, 9.17) is 0 Å². The molecule has 1 aliphatic heterocycles. The number of alkyl halides is 3. The highest BCUT2D eigenvalue weighted by Crippen LogP contribution is 2.33. The summed E-state index contributed by atoms with van der Waals surface area (Å²) in [5.74, 6) is -0.758. The molecule has 0 N–H and O–H groups in total. The van der Waals surface area contributed by atoms with Gasteiger partial charge in [0.25, 0.3) is 5.91 Å². The van der Waals surface area contributed by atoms with E-state index in [0.29, 0.717) is 48.5 Å². The Labute approximate surface area is 223 Å². The van der Waals surface area contributed by atoms with Crippen LogP contribution in [-0.2, 0) is 15.6 Å². The molecular weight excluding hydrogens is 531 g/mol. The summed E-state index contributed by atoms with van der Waals surface area (Å²) in [6, 6.07) is 20.9. The number of hydrogen-bond donors (Lipinski definition) is 0. The highest BCUT2D eigenvalue weighted by Gasteiger charge is 2.33. The van der Waals surface area contributed by atoms with E-state index in [1.807, 2.05) is 0 Å². The molecule has 1 saturated heterocycles. The maximum absolute atomic E-state index is 13.1. The smallest absolute Gasteiger partial charge is 0.404 e. The van der Waals surface area contributed by atoms with Crippen molar-refractivity contribution in [3.63, 3.8) is 0 Å². The van der Waals surface area contributed by atoms with Crippen LogP contribution in [-0.4, -0.2) is 56.8 Å². The summed E-state index contributed by atoms with van der Waals surface area (Å²) in [4.78, 5) is 20.8. The third-order valence-electron chi connectivity index (χ3n) is 6.49. The number of rotatable bonds is 6. The van der Waals surface area contributed by atoms with E-state index in [9.17, 15) is 26.4 Å². The van der Waals surface area contributed by atoms with E-state index in [-0.39, 0.29) is 22.3 Å². The van der Waals surface area contributed by atoms with Gasteiger partial charge in [-0.25, -0.2) is 8.42 Å². The standard InChI is InChI=1S/C28H24F3N3O4S/c29-28(30,31)38-24-8-2-1-7-23(24)33-15-17-34(18-16-33)27(35)22-12-10-20(11-13-22)19-39(36,37)25-9-3-5-21-6-4-14-32-26(21)25/h1-14H,15-19H2. The van der Waals surface area contributed by atoms with Crippen LogP contribution >= 0.6 is 0 Å². The molecule has 1 aromatic heterocycles. The summed E-state index contributed by atoms with van der Waals surface area (Å²) in [6.07, 6.45) is -3.25. The molecule has 1 fully saturated rings. The van der Waals surface area contributed by atoms with E-state index in [2.05, 4.69) is 9.72 Å². The molecule has 11 heteroatoms. The predicted molar refractivity (Wildman–Crippen MR) is 140 cm³/mol. The Morgan fingerprint density at radius 3 is 2.28 bits per heavy atom. The number of aromatic nitrogens is 1. The molecule has 4 aromatic rings. The average molecular weight is 556 g/mol. The number of halogens is 3. The summed E-state index contributed by atoms with van der Waals surface area (Å²) in [7, 11) is -3.69. The molecule has 3 aromatic carbocycles. The molecule has 0 atom stereocenters. The lowest BCUT2D eigenvalue weighted by molar-refractivity contribution is -0.274. The van der Waals surface area contributed by atoms with E-state index in [1.165, 1.54) is 18.2 Å². The molecule has 0 radical (unpaired) electrons. The maximum atomic E-state index is 13.1. The lowest BCUT2D eigenvalue weighted by atomic mass is 10.1. The number of carbonyl (C=O) groups excluding carboxylic acids is 1. The van der Waals surface area contributed by atoms with Crippen molar-refractivity contribution < 1.29 is 31.1 Å². The van der Waals surface area contributed by atoms with Crippen LogP contribution in [0.15, 0.2) is 90.0 Å². The Morgan fingerprint density at radius 1 is 0.872 bits per heavy atom. The second-order valence-corrected chi connectivity index (χ2v) is 11.0. The molecule has 1 aliphatic rings. The molecule has 0 aliphatic carbocycles. The summed E-state index contributed by atoms with van der Waals surface area (Å²) in [5, 5.41) is 0.732. The third kappa shape index (κ3) is 5.98. The highest BCUT2D eigenvalue weighted by molar-refractivity contribution is 7.90. The quantitative estimate of drug-likeness (QED) is 0.331. The summed E-state index contributed by atoms with van der Waals surface area (Å²) >= 11 is 0. The van der Waals surface area contributed by atoms with Crippen molar-refractivity contribution in [1.82, 2.24) is 9.88 Å². The fraction of sp³-hybridized carbons (Fsp3) is 0.214. The number of piperazine rings is 1. The lowest BCUT2D eigenvalue weighted by Crippen LogP contribution is -2.49. The van der Waals surface area contributed by atoms with Crippen molar-refractivity contribution in [1.29, 1.82) is 0 Å². The van der Waals surface area contributed by atoms with Crippen LogP contribution in [0.25, 0.3) is 10.9 Å². The number of amides is 1. The minimum atomic E-state index is -4.80. The third-order valence-corrected chi connectivity index (χ3v) is 8.20. The largest absolute Gasteiger partial charge is 0.573 e. The van der Waals surface area contributed by atoms with E-state index in [1.54, 1.807) is 76.7 Å². The van der Waals surface area contributed by atoms with Crippen LogP contribution < -0.4 is 9.64 Å².